The Morgan fingerprint density at radius 1 is 1.10 bits per heavy atom. The number of nitrogens with zero attached hydrogens (tertiary/aromatic N) is 3. The highest BCUT2D eigenvalue weighted by atomic mass is 19.4. The first-order valence-electron chi connectivity index (χ1n) is 9.66. The SMILES string of the molecule is C[C@H]1CN(c2ccc(C(F)(F)F)cn2)CC[C@@H]1Oc1cc(-c2cc(F)cc(F)c2)[nH]n1. The van der Waals surface area contributed by atoms with Crippen LogP contribution in [0.15, 0.2) is 42.6 Å². The zero-order valence-corrected chi connectivity index (χ0v) is 16.5. The molecule has 1 N–H and O–H groups in total. The summed E-state index contributed by atoms with van der Waals surface area (Å²) in [4.78, 5) is 5.86. The number of piperidine rings is 1. The van der Waals surface area contributed by atoms with Crippen LogP contribution in [0.4, 0.5) is 27.8 Å². The Bertz CT molecular complexity index is 1030. The largest absolute Gasteiger partial charge is 0.473 e. The Balaban J connectivity index is 1.39. The van der Waals surface area contributed by atoms with Gasteiger partial charge >= 0.3 is 6.18 Å². The molecule has 3 heterocycles. The van der Waals surface area contributed by atoms with Crippen molar-refractivity contribution in [2.75, 3.05) is 18.0 Å². The number of aromatic nitrogens is 3. The molecule has 3 aromatic rings. The van der Waals surface area contributed by atoms with E-state index in [1.165, 1.54) is 18.2 Å². The zero-order chi connectivity index (χ0) is 22.2. The molecule has 164 valence electrons. The molecule has 5 nitrogen and oxygen atoms in total. The van der Waals surface area contributed by atoms with Crippen molar-refractivity contribution < 1.29 is 26.7 Å². The quantitative estimate of drug-likeness (QED) is 0.579. The summed E-state index contributed by atoms with van der Waals surface area (Å²) < 4.78 is 71.0. The number of benzene rings is 1. The van der Waals surface area contributed by atoms with Crippen molar-refractivity contribution in [2.45, 2.75) is 25.6 Å². The highest BCUT2D eigenvalue weighted by molar-refractivity contribution is 5.60. The van der Waals surface area contributed by atoms with Crippen molar-refractivity contribution in [2.24, 2.45) is 5.92 Å². The summed E-state index contributed by atoms with van der Waals surface area (Å²) in [6.07, 6.45) is -3.14. The fraction of sp³-hybridized carbons (Fsp3) is 0.333. The van der Waals surface area contributed by atoms with Gasteiger partial charge in [0, 0.05) is 49.3 Å². The minimum atomic E-state index is -4.42. The smallest absolute Gasteiger partial charge is 0.417 e. The molecule has 0 unspecified atom stereocenters. The van der Waals surface area contributed by atoms with Crippen molar-refractivity contribution in [3.05, 3.63) is 59.8 Å². The summed E-state index contributed by atoms with van der Waals surface area (Å²) in [5.41, 5.74) is -0.0430. The van der Waals surface area contributed by atoms with Crippen LogP contribution in [-0.4, -0.2) is 34.4 Å². The van der Waals surface area contributed by atoms with E-state index in [1.54, 1.807) is 6.07 Å². The average Bonchev–Trinajstić information content (AvgIpc) is 3.17. The average molecular weight is 438 g/mol. The van der Waals surface area contributed by atoms with Crippen LogP contribution in [0.3, 0.4) is 0 Å². The highest BCUT2D eigenvalue weighted by Gasteiger charge is 2.32. The van der Waals surface area contributed by atoms with Crippen LogP contribution >= 0.6 is 0 Å². The third kappa shape index (κ3) is 4.78. The number of hydrogen-bond acceptors (Lipinski definition) is 4. The van der Waals surface area contributed by atoms with E-state index in [0.717, 1.165) is 18.3 Å². The molecule has 31 heavy (non-hydrogen) atoms. The van der Waals surface area contributed by atoms with Crippen molar-refractivity contribution in [3.8, 4) is 17.1 Å². The number of aromatic amines is 1. The van der Waals surface area contributed by atoms with E-state index in [1.807, 2.05) is 11.8 Å². The van der Waals surface area contributed by atoms with Gasteiger partial charge in [0.1, 0.15) is 23.6 Å². The van der Waals surface area contributed by atoms with E-state index in [9.17, 15) is 22.0 Å². The molecule has 0 spiro atoms. The van der Waals surface area contributed by atoms with E-state index in [0.29, 0.717) is 42.5 Å². The van der Waals surface area contributed by atoms with Crippen molar-refractivity contribution in [1.82, 2.24) is 15.2 Å². The Labute approximate surface area is 174 Å². The Morgan fingerprint density at radius 3 is 2.45 bits per heavy atom. The van der Waals surface area contributed by atoms with Gasteiger partial charge in [0.15, 0.2) is 0 Å². The first-order chi connectivity index (χ1) is 14.7. The molecule has 0 bridgehead atoms. The number of ether oxygens (including phenoxy) is 1. The Morgan fingerprint density at radius 2 is 1.84 bits per heavy atom. The minimum Gasteiger partial charge on any atom is -0.473 e. The minimum absolute atomic E-state index is 0.0459. The number of nitrogens with one attached hydrogen (secondary N) is 1. The lowest BCUT2D eigenvalue weighted by Crippen LogP contribution is -2.44. The van der Waals surface area contributed by atoms with Crippen LogP contribution in [0.1, 0.15) is 18.9 Å². The lowest BCUT2D eigenvalue weighted by Gasteiger charge is -2.37. The Hall–Kier alpha value is -3.17. The number of rotatable bonds is 4. The van der Waals surface area contributed by atoms with Crippen LogP contribution in [-0.2, 0) is 6.18 Å². The molecule has 1 fully saturated rings. The number of H-pyrrole nitrogens is 1. The lowest BCUT2D eigenvalue weighted by atomic mass is 9.96. The fourth-order valence-electron chi connectivity index (χ4n) is 3.62. The topological polar surface area (TPSA) is 54.0 Å². The van der Waals surface area contributed by atoms with E-state index >= 15 is 0 Å². The molecule has 1 aliphatic rings. The molecule has 2 aromatic heterocycles. The van der Waals surface area contributed by atoms with Crippen LogP contribution in [0.2, 0.25) is 0 Å². The molecule has 0 aliphatic carbocycles. The highest BCUT2D eigenvalue weighted by Crippen LogP contribution is 2.31. The maximum absolute atomic E-state index is 13.4. The first-order valence-corrected chi connectivity index (χ1v) is 9.66. The summed E-state index contributed by atoms with van der Waals surface area (Å²) in [6.45, 7) is 3.08. The third-order valence-electron chi connectivity index (χ3n) is 5.23. The van der Waals surface area contributed by atoms with E-state index in [2.05, 4.69) is 15.2 Å². The van der Waals surface area contributed by atoms with Gasteiger partial charge in [0.05, 0.1) is 11.3 Å². The predicted molar refractivity (Wildman–Crippen MR) is 104 cm³/mol. The van der Waals surface area contributed by atoms with Gasteiger partial charge in [-0.3, -0.25) is 5.10 Å². The maximum atomic E-state index is 13.4. The Kier molecular flexibility index (Phi) is 5.55. The van der Waals surface area contributed by atoms with Crippen LogP contribution in [0.5, 0.6) is 5.88 Å². The predicted octanol–water partition coefficient (Wildman–Crippen LogP) is 5.06. The van der Waals surface area contributed by atoms with Gasteiger partial charge in [-0.1, -0.05) is 6.92 Å². The van der Waals surface area contributed by atoms with E-state index in [-0.39, 0.29) is 12.0 Å². The van der Waals surface area contributed by atoms with E-state index in [4.69, 9.17) is 4.74 Å². The second kappa shape index (κ2) is 8.16. The monoisotopic (exact) mass is 438 g/mol. The molecular weight excluding hydrogens is 419 g/mol. The van der Waals surface area contributed by atoms with Gasteiger partial charge in [-0.25, -0.2) is 13.8 Å². The van der Waals surface area contributed by atoms with E-state index < -0.39 is 23.4 Å². The second-order valence-electron chi connectivity index (χ2n) is 7.55. The van der Waals surface area contributed by atoms with Gasteiger partial charge in [-0.05, 0) is 24.3 Å². The van der Waals surface area contributed by atoms with Gasteiger partial charge in [-0.15, -0.1) is 5.10 Å². The standard InChI is InChI=1S/C21H19F5N4O/c1-12-11-30(19-3-2-14(10-27-19)21(24,25)26)5-4-18(12)31-20-9-17(28-29-20)13-6-15(22)8-16(23)7-13/h2-3,6-10,12,18H,4-5,11H2,1H3,(H,28,29)/t12-,18-/m0/s1. The molecule has 10 heteroatoms. The van der Waals surface area contributed by atoms with Crippen LogP contribution < -0.4 is 9.64 Å². The van der Waals surface area contributed by atoms with Crippen LogP contribution in [0, 0.1) is 17.6 Å². The van der Waals surface area contributed by atoms with Crippen LogP contribution in [0.25, 0.3) is 11.3 Å². The fourth-order valence-corrected chi connectivity index (χ4v) is 3.62. The number of hydrogen-bond donors (Lipinski definition) is 1. The van der Waals surface area contributed by atoms with Crippen molar-refractivity contribution in [3.63, 3.8) is 0 Å². The summed E-state index contributed by atoms with van der Waals surface area (Å²) in [7, 11) is 0. The maximum Gasteiger partial charge on any atom is 0.417 e. The molecule has 2 atom stereocenters. The normalized spacial score (nSPS) is 19.5. The molecule has 4 rings (SSSR count). The van der Waals surface area contributed by atoms with Gasteiger partial charge in [0.25, 0.3) is 0 Å². The summed E-state index contributed by atoms with van der Waals surface area (Å²) in [5.74, 6) is -0.550. The molecule has 0 amide bonds. The third-order valence-corrected chi connectivity index (χ3v) is 5.23. The van der Waals surface area contributed by atoms with Gasteiger partial charge < -0.3 is 9.64 Å². The lowest BCUT2D eigenvalue weighted by molar-refractivity contribution is -0.137. The number of pyridine rings is 1. The number of halogens is 5. The molecular formula is C21H19F5N4O. The zero-order valence-electron chi connectivity index (χ0n) is 16.5. The molecule has 1 saturated heterocycles. The van der Waals surface area contributed by atoms with Crippen molar-refractivity contribution in [1.29, 1.82) is 0 Å². The molecule has 1 aromatic carbocycles. The first kappa shape index (κ1) is 21.1. The summed E-state index contributed by atoms with van der Waals surface area (Å²) in [5, 5.41) is 6.78. The number of alkyl halides is 3. The van der Waals surface area contributed by atoms with Gasteiger partial charge in [0.2, 0.25) is 5.88 Å². The molecule has 0 radical (unpaired) electrons. The second-order valence-corrected chi connectivity index (χ2v) is 7.55. The summed E-state index contributed by atoms with van der Waals surface area (Å²) in [6, 6.07) is 7.14. The number of anilines is 1. The molecule has 1 aliphatic heterocycles. The molecule has 0 saturated carbocycles. The van der Waals surface area contributed by atoms with Crippen molar-refractivity contribution >= 4 is 5.82 Å². The summed E-state index contributed by atoms with van der Waals surface area (Å²) >= 11 is 0. The van der Waals surface area contributed by atoms with Gasteiger partial charge in [-0.2, -0.15) is 13.2 Å².